The molecule has 1 saturated heterocycles. The highest BCUT2D eigenvalue weighted by Gasteiger charge is 2.40. The number of benzene rings is 1. The molecule has 304 valence electrons. The molecule has 5 amide bonds. The molecular weight excluding hydrogens is 731 g/mol. The lowest BCUT2D eigenvalue weighted by Crippen LogP contribution is -2.59. The fourth-order valence-corrected chi connectivity index (χ4v) is 7.09. The molecule has 17 heteroatoms. The van der Waals surface area contributed by atoms with E-state index in [0.717, 1.165) is 16.5 Å². The molecule has 1 aliphatic rings. The van der Waals surface area contributed by atoms with Crippen LogP contribution in [0.1, 0.15) is 78.2 Å². The average Bonchev–Trinajstić information content (AvgIpc) is 3.80. The summed E-state index contributed by atoms with van der Waals surface area (Å²) in [4.78, 5) is 96.1. The highest BCUT2D eigenvalue weighted by molar-refractivity contribution is 7.98. The predicted octanol–water partition coefficient (Wildman–Crippen LogP) is 1.76. The largest absolute Gasteiger partial charge is 0.481 e. The predicted molar refractivity (Wildman–Crippen MR) is 209 cm³/mol. The van der Waals surface area contributed by atoms with E-state index in [1.807, 2.05) is 44.4 Å². The maximum atomic E-state index is 14.0. The third-order valence-electron chi connectivity index (χ3n) is 9.91. The van der Waals surface area contributed by atoms with E-state index in [1.54, 1.807) is 20.0 Å². The summed E-state index contributed by atoms with van der Waals surface area (Å²) in [6, 6.07) is 0.906. The number of hydrogen-bond acceptors (Lipinski definition) is 9. The van der Waals surface area contributed by atoms with Gasteiger partial charge in [-0.15, -0.1) is 0 Å². The van der Waals surface area contributed by atoms with E-state index in [4.69, 9.17) is 5.73 Å². The number of aromatic nitrogens is 1. The molecule has 3 rings (SSSR count). The summed E-state index contributed by atoms with van der Waals surface area (Å²) in [7, 11) is 0. The summed E-state index contributed by atoms with van der Waals surface area (Å²) >= 11 is 1.47. The molecule has 16 nitrogen and oxygen atoms in total. The number of para-hydroxylation sites is 1. The second-order valence-corrected chi connectivity index (χ2v) is 15.6. The van der Waals surface area contributed by atoms with Gasteiger partial charge < -0.3 is 47.1 Å². The van der Waals surface area contributed by atoms with Crippen molar-refractivity contribution in [2.45, 2.75) is 115 Å². The molecule has 0 aliphatic carbocycles. The molecule has 1 aromatic heterocycles. The van der Waals surface area contributed by atoms with Crippen LogP contribution in [0.2, 0.25) is 0 Å². The summed E-state index contributed by atoms with van der Waals surface area (Å²) in [6.45, 7) is 7.32. The smallest absolute Gasteiger partial charge is 0.326 e. The van der Waals surface area contributed by atoms with Gasteiger partial charge in [0.25, 0.3) is 0 Å². The molecule has 1 aromatic carbocycles. The maximum absolute atomic E-state index is 14.0. The van der Waals surface area contributed by atoms with Crippen molar-refractivity contribution in [2.24, 2.45) is 17.6 Å². The zero-order valence-corrected chi connectivity index (χ0v) is 33.1. The van der Waals surface area contributed by atoms with Gasteiger partial charge in [-0.25, -0.2) is 4.79 Å². The summed E-state index contributed by atoms with van der Waals surface area (Å²) in [5.41, 5.74) is 8.06. The van der Waals surface area contributed by atoms with Crippen LogP contribution in [-0.2, 0) is 40.0 Å². The Labute approximate surface area is 325 Å². The molecule has 7 atom stereocenters. The van der Waals surface area contributed by atoms with Crippen molar-refractivity contribution >= 4 is 64.1 Å². The monoisotopic (exact) mass is 787 g/mol. The van der Waals surface area contributed by atoms with Crippen molar-refractivity contribution in [1.29, 1.82) is 0 Å². The molecule has 1 aliphatic heterocycles. The lowest BCUT2D eigenvalue weighted by molar-refractivity contribution is -0.146. The Balaban J connectivity index is 1.77. The van der Waals surface area contributed by atoms with Crippen molar-refractivity contribution in [3.05, 3.63) is 36.0 Å². The number of thioether (sulfide) groups is 1. The van der Waals surface area contributed by atoms with Crippen LogP contribution in [0, 0.1) is 11.8 Å². The number of carbonyl (C=O) groups excluding carboxylic acids is 5. The molecule has 1 fully saturated rings. The van der Waals surface area contributed by atoms with Gasteiger partial charge in [-0.1, -0.05) is 52.3 Å². The standard InChI is InChI=1S/C38H57N7O9S/c1-6-22(4)32(38(53)54)44-36(51)30-12-9-16-45(30)37(52)28(13-14-31(46)47)42-35(50)29(18-21(2)3)43-34(49)27(15-17-55-5)41-33(48)25(39)19-23-20-40-26-11-8-7-10-24(23)26/h7-8,10-11,20-22,25,27-30,32,40H,6,9,12-19,39H2,1-5H3,(H,41,48)(H,42,50)(H,43,49)(H,44,51)(H,46,47)(H,53,54)/t22-,25-,27-,28-,29-,30-,32-/m0/s1. The van der Waals surface area contributed by atoms with Crippen LogP contribution in [0.15, 0.2) is 30.5 Å². The number of rotatable bonds is 22. The van der Waals surface area contributed by atoms with E-state index in [9.17, 15) is 43.8 Å². The van der Waals surface area contributed by atoms with Crippen LogP contribution in [0.3, 0.4) is 0 Å². The maximum Gasteiger partial charge on any atom is 0.326 e. The number of likely N-dealkylation sites (tertiary alicyclic amines) is 1. The number of H-pyrrole nitrogens is 1. The number of fused-ring (bicyclic) bond motifs is 1. The van der Waals surface area contributed by atoms with E-state index in [2.05, 4.69) is 26.3 Å². The first-order valence-corrected chi connectivity index (χ1v) is 20.2. The van der Waals surface area contributed by atoms with Crippen molar-refractivity contribution in [3.8, 4) is 0 Å². The lowest BCUT2D eigenvalue weighted by Gasteiger charge is -2.31. The average molecular weight is 788 g/mol. The molecule has 0 unspecified atom stereocenters. The minimum Gasteiger partial charge on any atom is -0.481 e. The number of carboxylic acid groups (broad SMARTS) is 2. The highest BCUT2D eigenvalue weighted by atomic mass is 32.2. The van der Waals surface area contributed by atoms with E-state index >= 15 is 0 Å². The number of aliphatic carboxylic acids is 2. The van der Waals surface area contributed by atoms with Gasteiger partial charge in [-0.2, -0.15) is 11.8 Å². The van der Waals surface area contributed by atoms with E-state index in [-0.39, 0.29) is 50.5 Å². The zero-order chi connectivity index (χ0) is 40.8. The minimum atomic E-state index is -1.36. The molecule has 0 radical (unpaired) electrons. The Kier molecular flexibility index (Phi) is 17.5. The highest BCUT2D eigenvalue weighted by Crippen LogP contribution is 2.22. The fourth-order valence-electron chi connectivity index (χ4n) is 6.62. The van der Waals surface area contributed by atoms with Crippen molar-refractivity contribution in [1.82, 2.24) is 31.2 Å². The number of carboxylic acids is 2. The van der Waals surface area contributed by atoms with Gasteiger partial charge in [0.2, 0.25) is 29.5 Å². The van der Waals surface area contributed by atoms with Crippen LogP contribution in [0.5, 0.6) is 0 Å². The van der Waals surface area contributed by atoms with Gasteiger partial charge in [0, 0.05) is 30.1 Å². The number of nitrogens with zero attached hydrogens (tertiary/aromatic N) is 1. The third-order valence-corrected chi connectivity index (χ3v) is 10.6. The van der Waals surface area contributed by atoms with Crippen LogP contribution >= 0.6 is 11.8 Å². The molecular formula is C38H57N7O9S. The molecule has 9 N–H and O–H groups in total. The Morgan fingerprint density at radius 2 is 1.58 bits per heavy atom. The molecule has 0 spiro atoms. The first kappa shape index (κ1) is 44.8. The van der Waals surface area contributed by atoms with Gasteiger partial charge >= 0.3 is 11.9 Å². The minimum absolute atomic E-state index is 0.104. The number of carbonyl (C=O) groups is 7. The Bertz CT molecular complexity index is 1670. The zero-order valence-electron chi connectivity index (χ0n) is 32.3. The number of nitrogens with one attached hydrogen (secondary N) is 5. The normalized spacial score (nSPS) is 17.4. The molecule has 2 aromatic rings. The van der Waals surface area contributed by atoms with E-state index in [1.165, 1.54) is 16.7 Å². The fraction of sp³-hybridized carbons (Fsp3) is 0.605. The number of aromatic amines is 1. The number of nitrogens with two attached hydrogens (primary N) is 1. The Morgan fingerprint density at radius 1 is 0.927 bits per heavy atom. The molecule has 2 heterocycles. The van der Waals surface area contributed by atoms with Crippen molar-refractivity contribution < 1.29 is 43.8 Å². The van der Waals surface area contributed by atoms with Gasteiger partial charge in [0.1, 0.15) is 30.2 Å². The molecule has 0 saturated carbocycles. The van der Waals surface area contributed by atoms with Crippen molar-refractivity contribution in [2.75, 3.05) is 18.6 Å². The van der Waals surface area contributed by atoms with E-state index < -0.39 is 84.1 Å². The summed E-state index contributed by atoms with van der Waals surface area (Å²) < 4.78 is 0. The van der Waals surface area contributed by atoms with Crippen LogP contribution in [-0.4, -0.2) is 116 Å². The summed E-state index contributed by atoms with van der Waals surface area (Å²) in [5.74, 6) is -5.61. The molecule has 55 heavy (non-hydrogen) atoms. The first-order chi connectivity index (χ1) is 26.1. The summed E-state index contributed by atoms with van der Waals surface area (Å²) in [5, 5.41) is 30.8. The topological polar surface area (TPSA) is 253 Å². The first-order valence-electron chi connectivity index (χ1n) is 18.8. The molecule has 0 bridgehead atoms. The summed E-state index contributed by atoms with van der Waals surface area (Å²) in [6.07, 6.45) is 4.68. The van der Waals surface area contributed by atoms with Gasteiger partial charge in [0.15, 0.2) is 0 Å². The lowest BCUT2D eigenvalue weighted by atomic mass is 9.98. The number of hydrogen-bond donors (Lipinski definition) is 8. The Hall–Kier alpha value is -4.64. The Morgan fingerprint density at radius 3 is 2.22 bits per heavy atom. The van der Waals surface area contributed by atoms with Crippen LogP contribution in [0.4, 0.5) is 0 Å². The quantitative estimate of drug-likeness (QED) is 0.0854. The number of amides is 5. The second-order valence-electron chi connectivity index (χ2n) is 14.6. The van der Waals surface area contributed by atoms with Gasteiger partial charge in [0.05, 0.1) is 6.04 Å². The third kappa shape index (κ3) is 13.0. The van der Waals surface area contributed by atoms with Crippen LogP contribution < -0.4 is 27.0 Å². The van der Waals surface area contributed by atoms with Gasteiger partial charge in [-0.3, -0.25) is 28.8 Å². The van der Waals surface area contributed by atoms with Crippen LogP contribution in [0.25, 0.3) is 10.9 Å². The second kappa shape index (κ2) is 21.5. The SMILES string of the molecule is CC[C@H](C)[C@H](NC(=O)[C@@H]1CCCN1C(=O)[C@H](CCC(=O)O)NC(=O)[C@H](CC(C)C)NC(=O)[C@H](CCSC)NC(=O)[C@@H](N)Cc1c[nH]c2ccccc12)C(=O)O. The van der Waals surface area contributed by atoms with E-state index in [0.29, 0.717) is 18.6 Å². The van der Waals surface area contributed by atoms with Crippen molar-refractivity contribution in [3.63, 3.8) is 0 Å². The van der Waals surface area contributed by atoms with Gasteiger partial charge in [-0.05, 0) is 74.0 Å².